The smallest absolute Gasteiger partial charge is 0.262 e. The van der Waals surface area contributed by atoms with Crippen LogP contribution in [0.15, 0.2) is 47.4 Å². The van der Waals surface area contributed by atoms with Crippen LogP contribution in [0.2, 0.25) is 0 Å². The predicted molar refractivity (Wildman–Crippen MR) is 83.5 cm³/mol. The normalized spacial score (nSPS) is 11.0. The first kappa shape index (κ1) is 15.8. The van der Waals surface area contributed by atoms with Crippen LogP contribution >= 0.6 is 0 Å². The van der Waals surface area contributed by atoms with Gasteiger partial charge >= 0.3 is 0 Å². The van der Waals surface area contributed by atoms with Crippen LogP contribution in [0, 0.1) is 6.92 Å². The summed E-state index contributed by atoms with van der Waals surface area (Å²) in [6.45, 7) is 1.88. The van der Waals surface area contributed by atoms with Crippen LogP contribution in [0.3, 0.4) is 0 Å². The first-order valence-electron chi connectivity index (χ1n) is 6.41. The fraction of sp³-hybridized carbons (Fsp3) is 0.133. The minimum absolute atomic E-state index is 0.0279. The van der Waals surface area contributed by atoms with E-state index in [1.54, 1.807) is 18.2 Å². The number of sulfonamides is 1. The Bertz CT molecular complexity index is 799. The molecular formula is C15H16N2O4S. The van der Waals surface area contributed by atoms with Crippen LogP contribution in [0.1, 0.15) is 15.9 Å². The Morgan fingerprint density at radius 1 is 1.14 bits per heavy atom. The zero-order valence-electron chi connectivity index (χ0n) is 12.2. The van der Waals surface area contributed by atoms with E-state index in [2.05, 4.69) is 4.72 Å². The molecule has 22 heavy (non-hydrogen) atoms. The predicted octanol–water partition coefficient (Wildman–Crippen LogP) is 1.90. The molecule has 2 aromatic rings. The zero-order valence-corrected chi connectivity index (χ0v) is 13.0. The van der Waals surface area contributed by atoms with Gasteiger partial charge in [0.05, 0.1) is 17.7 Å². The lowest BCUT2D eigenvalue weighted by Crippen LogP contribution is -2.15. The summed E-state index contributed by atoms with van der Waals surface area (Å²) >= 11 is 0. The van der Waals surface area contributed by atoms with Gasteiger partial charge in [-0.2, -0.15) is 0 Å². The van der Waals surface area contributed by atoms with Gasteiger partial charge in [-0.3, -0.25) is 9.52 Å². The Labute approximate surface area is 129 Å². The van der Waals surface area contributed by atoms with Crippen molar-refractivity contribution in [3.63, 3.8) is 0 Å². The van der Waals surface area contributed by atoms with Gasteiger partial charge in [-0.1, -0.05) is 6.07 Å². The highest BCUT2D eigenvalue weighted by molar-refractivity contribution is 7.92. The van der Waals surface area contributed by atoms with Crippen molar-refractivity contribution in [2.24, 2.45) is 5.73 Å². The second kappa shape index (κ2) is 6.07. The summed E-state index contributed by atoms with van der Waals surface area (Å²) in [5.74, 6) is -0.186. The molecule has 0 heterocycles. The maximum absolute atomic E-state index is 12.4. The number of carbonyl (C=O) groups is 1. The molecule has 0 aliphatic rings. The second-order valence-electron chi connectivity index (χ2n) is 4.70. The highest BCUT2D eigenvalue weighted by Gasteiger charge is 2.17. The third-order valence-corrected chi connectivity index (χ3v) is 4.43. The number of benzene rings is 2. The summed E-state index contributed by atoms with van der Waals surface area (Å²) in [6.07, 6.45) is 0. The molecule has 6 nitrogen and oxygen atoms in total. The highest BCUT2D eigenvalue weighted by atomic mass is 32.2. The van der Waals surface area contributed by atoms with E-state index >= 15 is 0 Å². The highest BCUT2D eigenvalue weighted by Crippen LogP contribution is 2.27. The molecule has 0 radical (unpaired) electrons. The molecule has 0 spiro atoms. The Morgan fingerprint density at radius 2 is 1.77 bits per heavy atom. The van der Waals surface area contributed by atoms with Crippen molar-refractivity contribution in [2.75, 3.05) is 11.8 Å². The average molecular weight is 320 g/mol. The van der Waals surface area contributed by atoms with Gasteiger partial charge in [-0.05, 0) is 48.9 Å². The Hall–Kier alpha value is -2.54. The van der Waals surface area contributed by atoms with Crippen LogP contribution < -0.4 is 15.2 Å². The van der Waals surface area contributed by atoms with Gasteiger partial charge in [0.25, 0.3) is 10.0 Å². The molecule has 2 rings (SSSR count). The summed E-state index contributed by atoms with van der Waals surface area (Å²) in [7, 11) is -2.32. The largest absolute Gasteiger partial charge is 0.495 e. The quantitative estimate of drug-likeness (QED) is 0.879. The van der Waals surface area contributed by atoms with E-state index in [0.717, 1.165) is 5.56 Å². The lowest BCUT2D eigenvalue weighted by Gasteiger charge is -2.12. The zero-order chi connectivity index (χ0) is 16.3. The molecule has 1 amide bonds. The standard InChI is InChI=1S/C15H16N2O4S/c1-10-3-8-13(14(9-10)21-2)17-22(19,20)12-6-4-11(5-7-12)15(16)18/h3-9,17H,1-2H3,(H2,16,18). The van der Waals surface area contributed by atoms with E-state index in [0.29, 0.717) is 11.4 Å². The lowest BCUT2D eigenvalue weighted by atomic mass is 10.2. The van der Waals surface area contributed by atoms with Crippen molar-refractivity contribution in [1.29, 1.82) is 0 Å². The maximum atomic E-state index is 12.4. The minimum Gasteiger partial charge on any atom is -0.495 e. The van der Waals surface area contributed by atoms with Crippen LogP contribution in [-0.4, -0.2) is 21.4 Å². The van der Waals surface area contributed by atoms with Crippen LogP contribution in [0.4, 0.5) is 5.69 Å². The molecule has 0 saturated carbocycles. The fourth-order valence-electron chi connectivity index (χ4n) is 1.88. The van der Waals surface area contributed by atoms with E-state index in [4.69, 9.17) is 10.5 Å². The van der Waals surface area contributed by atoms with Crippen molar-refractivity contribution in [3.8, 4) is 5.75 Å². The molecular weight excluding hydrogens is 304 g/mol. The van der Waals surface area contributed by atoms with E-state index in [1.807, 2.05) is 6.92 Å². The van der Waals surface area contributed by atoms with Crippen molar-refractivity contribution >= 4 is 21.6 Å². The molecule has 0 fully saturated rings. The molecule has 2 aromatic carbocycles. The number of rotatable bonds is 5. The SMILES string of the molecule is COc1cc(C)ccc1NS(=O)(=O)c1ccc(C(N)=O)cc1. The molecule has 0 atom stereocenters. The first-order valence-corrected chi connectivity index (χ1v) is 7.89. The molecule has 0 aliphatic heterocycles. The number of hydrogen-bond donors (Lipinski definition) is 2. The molecule has 3 N–H and O–H groups in total. The number of nitrogens with one attached hydrogen (secondary N) is 1. The van der Waals surface area contributed by atoms with Gasteiger partial charge in [-0.15, -0.1) is 0 Å². The minimum atomic E-state index is -3.78. The third kappa shape index (κ3) is 3.37. The van der Waals surface area contributed by atoms with Gasteiger partial charge in [0.2, 0.25) is 5.91 Å². The van der Waals surface area contributed by atoms with Gasteiger partial charge in [0.1, 0.15) is 5.75 Å². The number of aryl methyl sites for hydroxylation is 1. The molecule has 116 valence electrons. The summed E-state index contributed by atoms with van der Waals surface area (Å²) in [6, 6.07) is 10.5. The molecule has 0 aliphatic carbocycles. The second-order valence-corrected chi connectivity index (χ2v) is 6.38. The maximum Gasteiger partial charge on any atom is 0.262 e. The molecule has 0 saturated heterocycles. The molecule has 0 bridgehead atoms. The number of hydrogen-bond acceptors (Lipinski definition) is 4. The van der Waals surface area contributed by atoms with Gasteiger partial charge in [0, 0.05) is 5.56 Å². The fourth-order valence-corrected chi connectivity index (χ4v) is 2.96. The van der Waals surface area contributed by atoms with E-state index in [9.17, 15) is 13.2 Å². The Morgan fingerprint density at radius 3 is 2.32 bits per heavy atom. The number of anilines is 1. The Kier molecular flexibility index (Phi) is 4.37. The average Bonchev–Trinajstić information content (AvgIpc) is 2.49. The van der Waals surface area contributed by atoms with Crippen molar-refractivity contribution in [2.45, 2.75) is 11.8 Å². The molecule has 0 aromatic heterocycles. The summed E-state index contributed by atoms with van der Waals surface area (Å²) in [5.41, 5.74) is 6.66. The van der Waals surface area contributed by atoms with Crippen molar-refractivity contribution in [3.05, 3.63) is 53.6 Å². The van der Waals surface area contributed by atoms with Crippen LogP contribution in [-0.2, 0) is 10.0 Å². The summed E-state index contributed by atoms with van der Waals surface area (Å²) in [5, 5.41) is 0. The van der Waals surface area contributed by atoms with Crippen molar-refractivity contribution < 1.29 is 17.9 Å². The van der Waals surface area contributed by atoms with E-state index < -0.39 is 15.9 Å². The van der Waals surface area contributed by atoms with E-state index in [1.165, 1.54) is 31.4 Å². The van der Waals surface area contributed by atoms with Gasteiger partial charge < -0.3 is 10.5 Å². The Balaban J connectivity index is 2.33. The number of amides is 1. The lowest BCUT2D eigenvalue weighted by molar-refractivity contribution is 0.1000. The number of ether oxygens (including phenoxy) is 1. The van der Waals surface area contributed by atoms with Crippen LogP contribution in [0.5, 0.6) is 5.75 Å². The number of carbonyl (C=O) groups excluding carboxylic acids is 1. The summed E-state index contributed by atoms with van der Waals surface area (Å²) in [4.78, 5) is 11.0. The topological polar surface area (TPSA) is 98.5 Å². The van der Waals surface area contributed by atoms with Crippen molar-refractivity contribution in [1.82, 2.24) is 0 Å². The number of methoxy groups -OCH3 is 1. The number of primary amides is 1. The molecule has 0 unspecified atom stereocenters. The first-order chi connectivity index (χ1) is 10.3. The third-order valence-electron chi connectivity index (χ3n) is 3.05. The molecule has 7 heteroatoms. The van der Waals surface area contributed by atoms with Gasteiger partial charge in [0.15, 0.2) is 0 Å². The summed E-state index contributed by atoms with van der Waals surface area (Å²) < 4.78 is 32.3. The monoisotopic (exact) mass is 320 g/mol. The van der Waals surface area contributed by atoms with Crippen LogP contribution in [0.25, 0.3) is 0 Å². The number of nitrogens with two attached hydrogens (primary N) is 1. The van der Waals surface area contributed by atoms with E-state index in [-0.39, 0.29) is 10.5 Å². The van der Waals surface area contributed by atoms with Gasteiger partial charge in [-0.25, -0.2) is 8.42 Å².